The highest BCUT2D eigenvalue weighted by molar-refractivity contribution is 6.46. The van der Waals surface area contributed by atoms with Crippen LogP contribution in [0.3, 0.4) is 0 Å². The Morgan fingerprint density at radius 3 is 1.51 bits per heavy atom. The first-order chi connectivity index (χ1) is 21.1. The van der Waals surface area contributed by atoms with E-state index in [4.69, 9.17) is 9.47 Å². The molecule has 0 saturated carbocycles. The molecule has 0 N–H and O–H groups in total. The molecule has 9 rings (SSSR count). The van der Waals surface area contributed by atoms with E-state index in [1.165, 1.54) is 0 Å². The van der Waals surface area contributed by atoms with Crippen molar-refractivity contribution in [2.24, 2.45) is 0 Å². The number of ketones is 3. The van der Waals surface area contributed by atoms with Crippen molar-refractivity contribution in [3.8, 4) is 23.0 Å². The summed E-state index contributed by atoms with van der Waals surface area (Å²) in [5, 5.41) is 0. The van der Waals surface area contributed by atoms with Crippen LogP contribution in [-0.4, -0.2) is 17.3 Å². The quantitative estimate of drug-likeness (QED) is 0.149. The maximum Gasteiger partial charge on any atom is 0.198 e. The van der Waals surface area contributed by atoms with E-state index in [1.807, 2.05) is 60.7 Å². The van der Waals surface area contributed by atoms with Crippen molar-refractivity contribution in [2.45, 2.75) is 0 Å². The Labute approximate surface area is 245 Å². The minimum Gasteiger partial charge on any atom is -0.453 e. The van der Waals surface area contributed by atoms with Gasteiger partial charge in [0.15, 0.2) is 40.3 Å². The zero-order chi connectivity index (χ0) is 28.8. The molecular formula is C37H19NO5. The third kappa shape index (κ3) is 3.20. The lowest BCUT2D eigenvalue weighted by Gasteiger charge is -2.38. The van der Waals surface area contributed by atoms with Crippen molar-refractivity contribution < 1.29 is 23.9 Å². The number of fused-ring (bicyclic) bond motifs is 6. The largest absolute Gasteiger partial charge is 0.453 e. The first-order valence-corrected chi connectivity index (χ1v) is 13.9. The first kappa shape index (κ1) is 23.7. The molecule has 0 fully saturated rings. The molecule has 202 valence electrons. The normalized spacial score (nSPS) is 16.3. The average Bonchev–Trinajstić information content (AvgIpc) is 3.45. The number of rotatable bonds is 1. The number of Topliss-reactive ketones (excluding diaryl/α,β-unsaturated/α-hetero) is 3. The number of benzene rings is 5. The standard InChI is InChI=1S/C37H19NO5/c39-35-22-10-2-1-9-21(22)32(33-36(40)23-11-3-4-12-24(23)37(33)41)25(35)17-20-18-30-34-31(19-20)43-29-16-8-6-14-27(29)38(34)26-13-5-7-15-28(26)42-30/h1-19H/b25-17-. The van der Waals surface area contributed by atoms with Crippen molar-refractivity contribution in [1.82, 2.24) is 0 Å². The maximum atomic E-state index is 13.9. The Morgan fingerprint density at radius 2 is 0.953 bits per heavy atom. The van der Waals surface area contributed by atoms with Gasteiger partial charge in [-0.05, 0) is 53.6 Å². The number of anilines is 3. The van der Waals surface area contributed by atoms with Crippen LogP contribution in [-0.2, 0) is 0 Å². The van der Waals surface area contributed by atoms with E-state index in [2.05, 4.69) is 4.90 Å². The fraction of sp³-hybridized carbons (Fsp3) is 0. The van der Waals surface area contributed by atoms with Crippen molar-refractivity contribution >= 4 is 46.1 Å². The summed E-state index contributed by atoms with van der Waals surface area (Å²) in [6.07, 6.45) is 1.73. The lowest BCUT2D eigenvalue weighted by atomic mass is 9.94. The Kier molecular flexibility index (Phi) is 4.68. The van der Waals surface area contributed by atoms with Crippen LogP contribution in [0.2, 0.25) is 0 Å². The van der Waals surface area contributed by atoms with Crippen LogP contribution < -0.4 is 14.4 Å². The number of nitrogens with zero attached hydrogens (tertiary/aromatic N) is 1. The summed E-state index contributed by atoms with van der Waals surface area (Å²) in [5.41, 5.74) is 5.57. The van der Waals surface area contributed by atoms with Gasteiger partial charge in [0.25, 0.3) is 0 Å². The molecule has 0 radical (unpaired) electrons. The van der Waals surface area contributed by atoms with Gasteiger partial charge >= 0.3 is 0 Å². The SMILES string of the molecule is O=C1C(=C2/C(=C/c3cc4c5c(c3)Oc3ccccc3N5c3ccccc3O4)C(=O)c3ccccc32)C(=O)c2ccccc21. The third-order valence-corrected chi connectivity index (χ3v) is 8.32. The summed E-state index contributed by atoms with van der Waals surface area (Å²) < 4.78 is 12.8. The zero-order valence-corrected chi connectivity index (χ0v) is 22.5. The van der Waals surface area contributed by atoms with Gasteiger partial charge in [-0.25, -0.2) is 0 Å². The molecule has 2 heterocycles. The smallest absolute Gasteiger partial charge is 0.198 e. The molecule has 5 aromatic rings. The molecule has 0 bridgehead atoms. The Morgan fingerprint density at radius 1 is 0.488 bits per heavy atom. The molecule has 0 spiro atoms. The van der Waals surface area contributed by atoms with E-state index in [1.54, 1.807) is 54.6 Å². The second-order valence-corrected chi connectivity index (χ2v) is 10.7. The maximum absolute atomic E-state index is 13.9. The third-order valence-electron chi connectivity index (χ3n) is 8.32. The molecule has 43 heavy (non-hydrogen) atoms. The summed E-state index contributed by atoms with van der Waals surface area (Å²) in [5.74, 6) is 1.51. The lowest BCUT2D eigenvalue weighted by Crippen LogP contribution is -2.20. The topological polar surface area (TPSA) is 72.9 Å². The summed E-state index contributed by atoms with van der Waals surface area (Å²) in [6, 6.07) is 33.2. The number of carbonyl (C=O) groups excluding carboxylic acids is 3. The van der Waals surface area contributed by atoms with Gasteiger partial charge in [0.1, 0.15) is 5.69 Å². The number of carbonyl (C=O) groups is 3. The van der Waals surface area contributed by atoms with Crippen LogP contribution in [0.25, 0.3) is 11.6 Å². The van der Waals surface area contributed by atoms with E-state index in [9.17, 15) is 14.4 Å². The Balaban J connectivity index is 1.26. The molecule has 5 aromatic carbocycles. The predicted molar refractivity (Wildman–Crippen MR) is 162 cm³/mol. The van der Waals surface area contributed by atoms with Gasteiger partial charge in [-0.2, -0.15) is 0 Å². The Bertz CT molecular complexity index is 2100. The van der Waals surface area contributed by atoms with Crippen LogP contribution >= 0.6 is 0 Å². The molecule has 6 nitrogen and oxygen atoms in total. The van der Waals surface area contributed by atoms with Gasteiger partial charge in [0, 0.05) is 27.8 Å². The first-order valence-electron chi connectivity index (χ1n) is 13.9. The molecule has 6 heteroatoms. The van der Waals surface area contributed by atoms with Gasteiger partial charge < -0.3 is 9.47 Å². The molecule has 0 unspecified atom stereocenters. The molecule has 2 aliphatic carbocycles. The molecule has 0 atom stereocenters. The second-order valence-electron chi connectivity index (χ2n) is 10.7. The van der Waals surface area contributed by atoms with Crippen LogP contribution in [0.15, 0.2) is 120 Å². The highest BCUT2D eigenvalue weighted by Gasteiger charge is 2.41. The summed E-state index contributed by atoms with van der Waals surface area (Å²) in [6.45, 7) is 0. The lowest BCUT2D eigenvalue weighted by molar-refractivity contribution is 0.0989. The molecule has 4 aliphatic rings. The van der Waals surface area contributed by atoms with E-state index in [-0.39, 0.29) is 28.5 Å². The fourth-order valence-electron chi connectivity index (χ4n) is 6.48. The summed E-state index contributed by atoms with van der Waals surface area (Å²) in [7, 11) is 0. The minimum absolute atomic E-state index is 0.0200. The van der Waals surface area contributed by atoms with Gasteiger partial charge in [-0.15, -0.1) is 0 Å². The van der Waals surface area contributed by atoms with Crippen LogP contribution in [0, 0.1) is 0 Å². The molecular weight excluding hydrogens is 538 g/mol. The summed E-state index contributed by atoms with van der Waals surface area (Å²) >= 11 is 0. The minimum atomic E-state index is -0.373. The van der Waals surface area contributed by atoms with Crippen LogP contribution in [0.5, 0.6) is 23.0 Å². The highest BCUT2D eigenvalue weighted by atomic mass is 16.5. The summed E-state index contributed by atoms with van der Waals surface area (Å²) in [4.78, 5) is 43.2. The highest BCUT2D eigenvalue weighted by Crippen LogP contribution is 2.60. The molecule has 0 aromatic heterocycles. The predicted octanol–water partition coefficient (Wildman–Crippen LogP) is 8.48. The fourth-order valence-corrected chi connectivity index (χ4v) is 6.48. The van der Waals surface area contributed by atoms with Crippen molar-refractivity contribution in [3.63, 3.8) is 0 Å². The number of hydrogen-bond donors (Lipinski definition) is 0. The van der Waals surface area contributed by atoms with E-state index in [0.717, 1.165) is 17.1 Å². The number of para-hydroxylation sites is 4. The Hall–Kier alpha value is -6.01. The van der Waals surface area contributed by atoms with E-state index in [0.29, 0.717) is 56.4 Å². The van der Waals surface area contributed by atoms with Gasteiger partial charge in [-0.3, -0.25) is 19.3 Å². The van der Waals surface area contributed by atoms with E-state index < -0.39 is 0 Å². The number of hydrogen-bond acceptors (Lipinski definition) is 6. The van der Waals surface area contributed by atoms with Crippen LogP contribution in [0.1, 0.15) is 42.2 Å². The number of allylic oxidation sites excluding steroid dienone is 3. The van der Waals surface area contributed by atoms with Crippen molar-refractivity contribution in [3.05, 3.63) is 148 Å². The van der Waals surface area contributed by atoms with Gasteiger partial charge in [0.2, 0.25) is 0 Å². The second kappa shape index (κ2) is 8.50. The average molecular weight is 558 g/mol. The van der Waals surface area contributed by atoms with Gasteiger partial charge in [-0.1, -0.05) is 72.8 Å². The molecule has 0 saturated heterocycles. The van der Waals surface area contributed by atoms with Crippen molar-refractivity contribution in [1.29, 1.82) is 0 Å². The van der Waals surface area contributed by atoms with E-state index >= 15 is 0 Å². The van der Waals surface area contributed by atoms with Gasteiger partial charge in [0.05, 0.1) is 16.9 Å². The number of ether oxygens (including phenoxy) is 2. The van der Waals surface area contributed by atoms with Crippen LogP contribution in [0.4, 0.5) is 17.1 Å². The zero-order valence-electron chi connectivity index (χ0n) is 22.5. The molecule has 0 amide bonds. The van der Waals surface area contributed by atoms with Crippen molar-refractivity contribution in [2.75, 3.05) is 4.90 Å². The monoisotopic (exact) mass is 557 g/mol. The molecule has 2 aliphatic heterocycles.